The van der Waals surface area contributed by atoms with Crippen molar-refractivity contribution in [1.82, 2.24) is 10.2 Å². The summed E-state index contributed by atoms with van der Waals surface area (Å²) in [6, 6.07) is 9.21. The average molecular weight is 563 g/mol. The number of carboxylic acid groups (broad SMARTS) is 1. The molecule has 9 nitrogen and oxygen atoms in total. The molecule has 0 aromatic heterocycles. The van der Waals surface area contributed by atoms with Crippen LogP contribution < -0.4 is 5.32 Å². The molecule has 1 aromatic rings. The molecule has 0 aliphatic carbocycles. The summed E-state index contributed by atoms with van der Waals surface area (Å²) in [5.74, 6) is -1.69. The number of carbonyl (C=O) groups excluding carboxylic acids is 3. The molecule has 0 aliphatic heterocycles. The number of nitrogens with one attached hydrogen (secondary N) is 1. The first kappa shape index (κ1) is 34.9. The summed E-state index contributed by atoms with van der Waals surface area (Å²) in [6.07, 6.45) is 9.10. The zero-order valence-corrected chi connectivity index (χ0v) is 24.8. The predicted octanol–water partition coefficient (Wildman–Crippen LogP) is 6.24. The number of benzene rings is 1. The molecular formula is C31H50N2O7. The zero-order chi connectivity index (χ0) is 29.6. The van der Waals surface area contributed by atoms with Gasteiger partial charge < -0.3 is 24.8 Å². The third kappa shape index (κ3) is 13.3. The molecule has 0 heterocycles. The smallest absolute Gasteiger partial charge is 0.407 e. The molecule has 1 rings (SSSR count). The Morgan fingerprint density at radius 3 is 2.15 bits per heavy atom. The number of carbonyl (C=O) groups is 4. The Balaban J connectivity index is 2.82. The standard InChI is InChI=1S/C31H50N2O7/c1-4-7-8-9-11-17-22-31(5-2,29(36)37)33(23-18-12-10-16-21-28(35)39-6-3)27(34)24-32-30(38)40-25-26-19-14-13-15-20-26/h13-15,19-20H,4-12,16-18,21-25H2,1-3H3,(H,32,38)(H,36,37). The second kappa shape index (κ2) is 20.8. The van der Waals surface area contributed by atoms with Crippen LogP contribution in [-0.4, -0.2) is 59.2 Å². The Bertz CT molecular complexity index is 878. The summed E-state index contributed by atoms with van der Waals surface area (Å²) < 4.78 is 10.2. The van der Waals surface area contributed by atoms with Gasteiger partial charge in [0.25, 0.3) is 0 Å². The Morgan fingerprint density at radius 2 is 1.50 bits per heavy atom. The molecule has 0 spiro atoms. The van der Waals surface area contributed by atoms with E-state index in [1.165, 1.54) is 4.90 Å². The molecule has 0 fully saturated rings. The van der Waals surface area contributed by atoms with Crippen LogP contribution in [0, 0.1) is 0 Å². The number of unbranched alkanes of at least 4 members (excludes halogenated alkanes) is 8. The van der Waals surface area contributed by atoms with Crippen LogP contribution in [0.25, 0.3) is 0 Å². The van der Waals surface area contributed by atoms with E-state index in [-0.39, 0.29) is 32.1 Å². The van der Waals surface area contributed by atoms with Crippen LogP contribution in [0.15, 0.2) is 30.3 Å². The van der Waals surface area contributed by atoms with Gasteiger partial charge in [-0.05, 0) is 38.2 Å². The molecule has 9 heteroatoms. The normalized spacial score (nSPS) is 12.3. The van der Waals surface area contributed by atoms with Crippen molar-refractivity contribution in [2.24, 2.45) is 0 Å². The van der Waals surface area contributed by atoms with Crippen molar-refractivity contribution in [1.29, 1.82) is 0 Å². The minimum atomic E-state index is -1.34. The third-order valence-corrected chi connectivity index (χ3v) is 7.16. The van der Waals surface area contributed by atoms with E-state index in [4.69, 9.17) is 9.47 Å². The second-order valence-electron chi connectivity index (χ2n) is 10.1. The van der Waals surface area contributed by atoms with Crippen LogP contribution in [-0.2, 0) is 30.5 Å². The van der Waals surface area contributed by atoms with E-state index in [1.54, 1.807) is 13.8 Å². The summed E-state index contributed by atoms with van der Waals surface area (Å²) >= 11 is 0. The maximum atomic E-state index is 13.4. The monoisotopic (exact) mass is 562 g/mol. The highest BCUT2D eigenvalue weighted by molar-refractivity contribution is 5.89. The summed E-state index contributed by atoms with van der Waals surface area (Å²) in [6.45, 7) is 6.07. The van der Waals surface area contributed by atoms with Crippen molar-refractivity contribution in [3.05, 3.63) is 35.9 Å². The number of rotatable bonds is 22. The van der Waals surface area contributed by atoms with Gasteiger partial charge in [0.1, 0.15) is 18.7 Å². The molecule has 0 aliphatic rings. The Kier molecular flexibility index (Phi) is 18.1. The zero-order valence-electron chi connectivity index (χ0n) is 24.8. The van der Waals surface area contributed by atoms with Crippen LogP contribution in [0.1, 0.15) is 110 Å². The molecule has 0 saturated carbocycles. The van der Waals surface area contributed by atoms with E-state index in [0.717, 1.165) is 50.5 Å². The van der Waals surface area contributed by atoms with Gasteiger partial charge in [-0.15, -0.1) is 0 Å². The Labute approximate surface area is 240 Å². The van der Waals surface area contributed by atoms with Gasteiger partial charge in [0, 0.05) is 13.0 Å². The number of amides is 2. The quantitative estimate of drug-likeness (QED) is 0.127. The van der Waals surface area contributed by atoms with Gasteiger partial charge in [0.05, 0.1) is 6.61 Å². The number of esters is 1. The number of nitrogens with zero attached hydrogens (tertiary/aromatic N) is 1. The van der Waals surface area contributed by atoms with Crippen LogP contribution in [0.3, 0.4) is 0 Å². The SMILES string of the molecule is CCCCCCCCC(CC)(C(=O)O)N(CCCCCCC(=O)OCC)C(=O)CNC(=O)OCc1ccccc1. The van der Waals surface area contributed by atoms with Gasteiger partial charge in [0.15, 0.2) is 0 Å². The largest absolute Gasteiger partial charge is 0.479 e. The van der Waals surface area contributed by atoms with Crippen molar-refractivity contribution in [2.45, 2.75) is 116 Å². The molecule has 1 atom stereocenters. The van der Waals surface area contributed by atoms with E-state index in [9.17, 15) is 24.3 Å². The topological polar surface area (TPSA) is 122 Å². The Morgan fingerprint density at radius 1 is 0.850 bits per heavy atom. The first-order chi connectivity index (χ1) is 19.3. The van der Waals surface area contributed by atoms with Crippen molar-refractivity contribution < 1.29 is 33.8 Å². The van der Waals surface area contributed by atoms with Gasteiger partial charge in [0.2, 0.25) is 5.91 Å². The molecule has 40 heavy (non-hydrogen) atoms. The number of carboxylic acids is 1. The van der Waals surface area contributed by atoms with E-state index >= 15 is 0 Å². The molecule has 2 amide bonds. The van der Waals surface area contributed by atoms with Crippen LogP contribution in [0.5, 0.6) is 0 Å². The number of hydrogen-bond donors (Lipinski definition) is 2. The summed E-state index contributed by atoms with van der Waals surface area (Å²) in [7, 11) is 0. The number of aliphatic carboxylic acids is 1. The lowest BCUT2D eigenvalue weighted by Crippen LogP contribution is -2.59. The predicted molar refractivity (Wildman–Crippen MR) is 155 cm³/mol. The summed E-state index contributed by atoms with van der Waals surface area (Å²) in [5.41, 5.74) is -0.522. The number of ether oxygens (including phenoxy) is 2. The molecular weight excluding hydrogens is 512 g/mol. The molecule has 1 aromatic carbocycles. The fourth-order valence-electron chi connectivity index (χ4n) is 4.79. The molecule has 1 unspecified atom stereocenters. The minimum absolute atomic E-state index is 0.0719. The van der Waals surface area contributed by atoms with E-state index in [2.05, 4.69) is 12.2 Å². The van der Waals surface area contributed by atoms with Crippen LogP contribution in [0.4, 0.5) is 4.79 Å². The van der Waals surface area contributed by atoms with Crippen LogP contribution in [0.2, 0.25) is 0 Å². The van der Waals surface area contributed by atoms with E-state index in [0.29, 0.717) is 38.7 Å². The molecule has 0 bridgehead atoms. The highest BCUT2D eigenvalue weighted by Crippen LogP contribution is 2.29. The molecule has 226 valence electrons. The second-order valence-corrected chi connectivity index (χ2v) is 10.1. The van der Waals surface area contributed by atoms with Gasteiger partial charge in [-0.25, -0.2) is 9.59 Å². The van der Waals surface area contributed by atoms with Crippen molar-refractivity contribution in [2.75, 3.05) is 19.7 Å². The van der Waals surface area contributed by atoms with Gasteiger partial charge in [-0.3, -0.25) is 9.59 Å². The lowest BCUT2D eigenvalue weighted by Gasteiger charge is -2.40. The van der Waals surface area contributed by atoms with Crippen molar-refractivity contribution >= 4 is 23.9 Å². The lowest BCUT2D eigenvalue weighted by atomic mass is 9.86. The van der Waals surface area contributed by atoms with E-state index < -0.39 is 23.5 Å². The molecule has 0 saturated heterocycles. The van der Waals surface area contributed by atoms with E-state index in [1.807, 2.05) is 30.3 Å². The number of hydrogen-bond acceptors (Lipinski definition) is 6. The van der Waals surface area contributed by atoms with Crippen LogP contribution >= 0.6 is 0 Å². The maximum Gasteiger partial charge on any atom is 0.407 e. The minimum Gasteiger partial charge on any atom is -0.479 e. The molecule has 2 N–H and O–H groups in total. The van der Waals surface area contributed by atoms with Gasteiger partial charge in [-0.1, -0.05) is 95.5 Å². The van der Waals surface area contributed by atoms with Crippen molar-refractivity contribution in [3.63, 3.8) is 0 Å². The first-order valence-electron chi connectivity index (χ1n) is 14.9. The highest BCUT2D eigenvalue weighted by Gasteiger charge is 2.44. The van der Waals surface area contributed by atoms with Gasteiger partial charge in [-0.2, -0.15) is 0 Å². The average Bonchev–Trinajstić information content (AvgIpc) is 2.95. The maximum absolute atomic E-state index is 13.4. The molecule has 0 radical (unpaired) electrons. The Hall–Kier alpha value is -3.10. The fourth-order valence-corrected chi connectivity index (χ4v) is 4.79. The fraction of sp³-hybridized carbons (Fsp3) is 0.677. The number of alkyl carbamates (subject to hydrolysis) is 1. The van der Waals surface area contributed by atoms with Gasteiger partial charge >= 0.3 is 18.0 Å². The third-order valence-electron chi connectivity index (χ3n) is 7.16. The summed E-state index contributed by atoms with van der Waals surface area (Å²) in [5, 5.41) is 12.9. The first-order valence-corrected chi connectivity index (χ1v) is 14.9. The lowest BCUT2D eigenvalue weighted by molar-refractivity contribution is -0.160. The summed E-state index contributed by atoms with van der Waals surface area (Å²) in [4.78, 5) is 51.4. The van der Waals surface area contributed by atoms with Crippen molar-refractivity contribution in [3.8, 4) is 0 Å². The highest BCUT2D eigenvalue weighted by atomic mass is 16.5.